The molecule has 1 aromatic carbocycles. The molecule has 1 rings (SSSR count). The molecule has 0 heterocycles. The Morgan fingerprint density at radius 2 is 2.00 bits per heavy atom. The summed E-state index contributed by atoms with van der Waals surface area (Å²) in [5, 5.41) is 7.82. The van der Waals surface area contributed by atoms with Crippen molar-refractivity contribution in [2.24, 2.45) is 5.14 Å². The molecule has 0 saturated heterocycles. The molecular formula is C12H17ClN2O4S. The van der Waals surface area contributed by atoms with Gasteiger partial charge >= 0.3 is 6.09 Å². The van der Waals surface area contributed by atoms with Crippen LogP contribution in [0.3, 0.4) is 0 Å². The van der Waals surface area contributed by atoms with Crippen molar-refractivity contribution in [1.29, 1.82) is 0 Å². The minimum Gasteiger partial charge on any atom is -0.444 e. The van der Waals surface area contributed by atoms with Gasteiger partial charge in [-0.05, 0) is 38.5 Å². The maximum atomic E-state index is 11.7. The summed E-state index contributed by atoms with van der Waals surface area (Å²) >= 11 is 5.83. The standard InChI is InChI=1S/C12H17ClN2O4S/c1-12(2,3)19-11(16)15-10-6-9(13)5-4-8(10)7-20(14,17)18/h4-6H,7H2,1-3H3,(H,15,16)(H2,14,17,18). The number of carbonyl (C=O) groups is 1. The predicted molar refractivity (Wildman–Crippen MR) is 78.1 cm³/mol. The number of nitrogens with one attached hydrogen (secondary N) is 1. The first-order valence-corrected chi connectivity index (χ1v) is 7.84. The zero-order valence-electron chi connectivity index (χ0n) is 11.4. The van der Waals surface area contributed by atoms with Crippen LogP contribution < -0.4 is 10.5 Å². The molecular weight excluding hydrogens is 304 g/mol. The quantitative estimate of drug-likeness (QED) is 0.893. The zero-order valence-corrected chi connectivity index (χ0v) is 13.0. The van der Waals surface area contributed by atoms with Crippen LogP contribution in [0.25, 0.3) is 0 Å². The summed E-state index contributed by atoms with van der Waals surface area (Å²) in [5.41, 5.74) is -0.0773. The molecule has 20 heavy (non-hydrogen) atoms. The normalized spacial score (nSPS) is 12.1. The Balaban J connectivity index is 2.98. The largest absolute Gasteiger partial charge is 0.444 e. The van der Waals surface area contributed by atoms with Crippen molar-refractivity contribution in [2.75, 3.05) is 5.32 Å². The molecule has 0 aliphatic rings. The maximum Gasteiger partial charge on any atom is 0.412 e. The van der Waals surface area contributed by atoms with Crippen molar-refractivity contribution >= 4 is 33.4 Å². The van der Waals surface area contributed by atoms with Crippen LogP contribution in [0.4, 0.5) is 10.5 Å². The number of ether oxygens (including phenoxy) is 1. The fourth-order valence-electron chi connectivity index (χ4n) is 1.42. The number of hydrogen-bond acceptors (Lipinski definition) is 4. The lowest BCUT2D eigenvalue weighted by Crippen LogP contribution is -2.27. The Labute approximate surface area is 123 Å². The Kier molecular flexibility index (Phi) is 5.01. The summed E-state index contributed by atoms with van der Waals surface area (Å²) < 4.78 is 27.4. The van der Waals surface area contributed by atoms with Crippen LogP contribution in [0.2, 0.25) is 5.02 Å². The van der Waals surface area contributed by atoms with Crippen LogP contribution in [0, 0.1) is 0 Å². The first-order chi connectivity index (χ1) is 8.96. The van der Waals surface area contributed by atoms with Crippen LogP contribution in [-0.2, 0) is 20.5 Å². The summed E-state index contributed by atoms with van der Waals surface area (Å²) in [6.45, 7) is 5.15. The molecule has 1 aromatic rings. The molecule has 0 spiro atoms. The molecule has 0 radical (unpaired) electrons. The van der Waals surface area contributed by atoms with E-state index in [4.69, 9.17) is 21.5 Å². The van der Waals surface area contributed by atoms with Gasteiger partial charge in [-0.25, -0.2) is 18.4 Å². The average Bonchev–Trinajstić information content (AvgIpc) is 2.17. The number of anilines is 1. The van der Waals surface area contributed by atoms with E-state index in [0.29, 0.717) is 10.6 Å². The number of nitrogens with two attached hydrogens (primary N) is 1. The number of halogens is 1. The van der Waals surface area contributed by atoms with Gasteiger partial charge in [0.15, 0.2) is 0 Å². The van der Waals surface area contributed by atoms with E-state index in [1.165, 1.54) is 18.2 Å². The lowest BCUT2D eigenvalue weighted by atomic mass is 10.2. The SMILES string of the molecule is CC(C)(C)OC(=O)Nc1cc(Cl)ccc1CS(N)(=O)=O. The van der Waals surface area contributed by atoms with Crippen LogP contribution in [0.1, 0.15) is 26.3 Å². The van der Waals surface area contributed by atoms with Gasteiger partial charge in [-0.1, -0.05) is 17.7 Å². The summed E-state index contributed by atoms with van der Waals surface area (Å²) in [5.74, 6) is -0.407. The fourth-order valence-corrected chi connectivity index (χ4v) is 2.28. The minimum atomic E-state index is -3.72. The molecule has 6 nitrogen and oxygen atoms in total. The first kappa shape index (κ1) is 16.7. The Morgan fingerprint density at radius 1 is 1.40 bits per heavy atom. The maximum absolute atomic E-state index is 11.7. The van der Waals surface area contributed by atoms with Gasteiger partial charge in [0.2, 0.25) is 10.0 Å². The highest BCUT2D eigenvalue weighted by atomic mass is 35.5. The van der Waals surface area contributed by atoms with E-state index < -0.39 is 27.5 Å². The zero-order chi connectivity index (χ0) is 15.6. The van der Waals surface area contributed by atoms with E-state index in [0.717, 1.165) is 0 Å². The second-order valence-corrected chi connectivity index (χ2v) is 7.29. The van der Waals surface area contributed by atoms with Gasteiger partial charge in [0.05, 0.1) is 5.75 Å². The summed E-state index contributed by atoms with van der Waals surface area (Å²) in [6.07, 6.45) is -0.699. The highest BCUT2D eigenvalue weighted by molar-refractivity contribution is 7.88. The number of rotatable bonds is 3. The van der Waals surface area contributed by atoms with Gasteiger partial charge < -0.3 is 4.74 Å². The smallest absolute Gasteiger partial charge is 0.412 e. The molecule has 0 unspecified atom stereocenters. The van der Waals surface area contributed by atoms with Crippen molar-refractivity contribution in [3.8, 4) is 0 Å². The number of hydrogen-bond donors (Lipinski definition) is 2. The van der Waals surface area contributed by atoms with E-state index in [1.54, 1.807) is 20.8 Å². The molecule has 0 aliphatic heterocycles. The van der Waals surface area contributed by atoms with Crippen LogP contribution in [0.15, 0.2) is 18.2 Å². The van der Waals surface area contributed by atoms with Crippen LogP contribution in [0.5, 0.6) is 0 Å². The second-order valence-electron chi connectivity index (χ2n) is 5.24. The van der Waals surface area contributed by atoms with Crippen LogP contribution >= 0.6 is 11.6 Å². The van der Waals surface area contributed by atoms with Crippen molar-refractivity contribution in [1.82, 2.24) is 0 Å². The molecule has 8 heteroatoms. The molecule has 0 saturated carbocycles. The molecule has 0 bridgehead atoms. The van der Waals surface area contributed by atoms with Gasteiger partial charge in [0.1, 0.15) is 5.60 Å². The monoisotopic (exact) mass is 320 g/mol. The van der Waals surface area contributed by atoms with Crippen molar-refractivity contribution in [3.05, 3.63) is 28.8 Å². The third-order valence-corrected chi connectivity index (χ3v) is 3.01. The number of primary sulfonamides is 1. The van der Waals surface area contributed by atoms with Gasteiger partial charge in [0, 0.05) is 10.7 Å². The lowest BCUT2D eigenvalue weighted by Gasteiger charge is -2.20. The minimum absolute atomic E-state index is 0.251. The molecule has 1 amide bonds. The highest BCUT2D eigenvalue weighted by Crippen LogP contribution is 2.23. The predicted octanol–water partition coefficient (Wildman–Crippen LogP) is 2.48. The summed E-state index contributed by atoms with van der Waals surface area (Å²) in [7, 11) is -3.72. The topological polar surface area (TPSA) is 98.5 Å². The molecule has 0 fully saturated rings. The molecule has 112 valence electrons. The van der Waals surface area contributed by atoms with E-state index in [9.17, 15) is 13.2 Å². The van der Waals surface area contributed by atoms with E-state index in [-0.39, 0.29) is 5.69 Å². The Hall–Kier alpha value is -1.31. The van der Waals surface area contributed by atoms with Crippen molar-refractivity contribution < 1.29 is 17.9 Å². The molecule has 0 aliphatic carbocycles. The molecule has 3 N–H and O–H groups in total. The molecule has 0 aromatic heterocycles. The average molecular weight is 321 g/mol. The third kappa shape index (κ3) is 6.23. The second kappa shape index (κ2) is 5.99. The Morgan fingerprint density at radius 3 is 2.50 bits per heavy atom. The van der Waals surface area contributed by atoms with Gasteiger partial charge in [-0.2, -0.15) is 0 Å². The van der Waals surface area contributed by atoms with Crippen molar-refractivity contribution in [2.45, 2.75) is 32.1 Å². The number of amides is 1. The van der Waals surface area contributed by atoms with E-state index in [2.05, 4.69) is 5.32 Å². The number of carbonyl (C=O) groups excluding carboxylic acids is 1. The summed E-state index contributed by atoms with van der Waals surface area (Å²) in [6, 6.07) is 4.44. The lowest BCUT2D eigenvalue weighted by molar-refractivity contribution is 0.0636. The van der Waals surface area contributed by atoms with Crippen molar-refractivity contribution in [3.63, 3.8) is 0 Å². The van der Waals surface area contributed by atoms with Gasteiger partial charge in [-0.15, -0.1) is 0 Å². The van der Waals surface area contributed by atoms with E-state index >= 15 is 0 Å². The third-order valence-electron chi connectivity index (χ3n) is 2.06. The molecule has 0 atom stereocenters. The highest BCUT2D eigenvalue weighted by Gasteiger charge is 2.18. The Bertz CT molecular complexity index is 608. The first-order valence-electron chi connectivity index (χ1n) is 5.75. The summed E-state index contributed by atoms with van der Waals surface area (Å²) in [4.78, 5) is 11.7. The number of sulfonamides is 1. The van der Waals surface area contributed by atoms with Gasteiger partial charge in [-0.3, -0.25) is 5.32 Å². The number of benzene rings is 1. The van der Waals surface area contributed by atoms with E-state index in [1.807, 2.05) is 0 Å². The van der Waals surface area contributed by atoms with Crippen LogP contribution in [-0.4, -0.2) is 20.1 Å². The fraction of sp³-hybridized carbons (Fsp3) is 0.417. The van der Waals surface area contributed by atoms with Gasteiger partial charge in [0.25, 0.3) is 0 Å².